The molecule has 0 unspecified atom stereocenters. The molecule has 0 amide bonds. The molecule has 0 fully saturated rings. The molecular formula is C6H14N2. The summed E-state index contributed by atoms with van der Waals surface area (Å²) in [6.07, 6.45) is 4.00. The minimum absolute atomic E-state index is 1.64. The molecular weight excluding hydrogens is 100 g/mol. The highest BCUT2D eigenvalue weighted by Gasteiger charge is 1.34. The molecule has 0 saturated carbocycles. The Labute approximate surface area is 51.3 Å². The van der Waals surface area contributed by atoms with E-state index < -0.39 is 0 Å². The Morgan fingerprint density at radius 2 is 1.12 bits per heavy atom. The van der Waals surface area contributed by atoms with Crippen LogP contribution in [0.25, 0.3) is 0 Å². The van der Waals surface area contributed by atoms with Gasteiger partial charge < -0.3 is 0 Å². The van der Waals surface area contributed by atoms with Crippen LogP contribution >= 0.6 is 0 Å². The lowest BCUT2D eigenvalue weighted by Crippen LogP contribution is -1.38. The standard InChI is InChI=1S/C4H8.C2H6N2/c2*1-3-4-2/h3-4H,1-2H3;1-2H3/b4-3+;. The molecule has 0 rings (SSSR count). The molecule has 0 spiro atoms. The van der Waals surface area contributed by atoms with Gasteiger partial charge >= 0.3 is 0 Å². The van der Waals surface area contributed by atoms with Gasteiger partial charge in [-0.25, -0.2) is 0 Å². The molecule has 0 aliphatic rings. The van der Waals surface area contributed by atoms with E-state index in [9.17, 15) is 0 Å². The van der Waals surface area contributed by atoms with Crippen LogP contribution in [0, 0.1) is 0 Å². The molecule has 0 bridgehead atoms. The van der Waals surface area contributed by atoms with Crippen molar-refractivity contribution in [2.45, 2.75) is 13.8 Å². The number of azo groups is 1. The minimum Gasteiger partial charge on any atom is -0.198 e. The summed E-state index contributed by atoms with van der Waals surface area (Å²) in [5, 5.41) is 6.72. The van der Waals surface area contributed by atoms with Gasteiger partial charge in [-0.1, -0.05) is 12.2 Å². The summed E-state index contributed by atoms with van der Waals surface area (Å²) in [7, 11) is 3.28. The van der Waals surface area contributed by atoms with Crippen LogP contribution < -0.4 is 0 Å². The zero-order valence-corrected chi connectivity index (χ0v) is 6.05. The fourth-order valence-electron chi connectivity index (χ4n) is 0. The van der Waals surface area contributed by atoms with E-state index >= 15 is 0 Å². The first-order valence-corrected chi connectivity index (χ1v) is 2.58. The molecule has 0 radical (unpaired) electrons. The van der Waals surface area contributed by atoms with E-state index in [0.717, 1.165) is 0 Å². The number of nitrogens with zero attached hydrogens (tertiary/aromatic N) is 2. The van der Waals surface area contributed by atoms with Crippen molar-refractivity contribution in [3.05, 3.63) is 12.2 Å². The minimum atomic E-state index is 1.64. The van der Waals surface area contributed by atoms with Crippen LogP contribution in [0.15, 0.2) is 22.4 Å². The zero-order chi connectivity index (χ0) is 6.83. The second-order valence-corrected chi connectivity index (χ2v) is 1.07. The Hall–Kier alpha value is -0.660. The van der Waals surface area contributed by atoms with Gasteiger partial charge in [-0.3, -0.25) is 0 Å². The first kappa shape index (κ1) is 10.3. The Bertz CT molecular complexity index is 46.9. The fourth-order valence-corrected chi connectivity index (χ4v) is 0. The number of rotatable bonds is 0. The van der Waals surface area contributed by atoms with Crippen molar-refractivity contribution in [3.8, 4) is 0 Å². The van der Waals surface area contributed by atoms with E-state index in [-0.39, 0.29) is 0 Å². The highest BCUT2D eigenvalue weighted by Crippen LogP contribution is 1.57. The molecule has 0 aliphatic heterocycles. The third kappa shape index (κ3) is 56.0. The van der Waals surface area contributed by atoms with E-state index in [2.05, 4.69) is 10.2 Å². The molecule has 0 aromatic carbocycles. The fraction of sp³-hybridized carbons (Fsp3) is 0.667. The lowest BCUT2D eigenvalue weighted by Gasteiger charge is -1.54. The maximum Gasteiger partial charge on any atom is 0.0487 e. The van der Waals surface area contributed by atoms with Crippen LogP contribution in [-0.4, -0.2) is 14.1 Å². The van der Waals surface area contributed by atoms with Crippen molar-refractivity contribution in [2.75, 3.05) is 14.1 Å². The third-order valence-corrected chi connectivity index (χ3v) is 0.533. The number of allylic oxidation sites excluding steroid dienone is 2. The van der Waals surface area contributed by atoms with Gasteiger partial charge in [-0.15, -0.1) is 0 Å². The van der Waals surface area contributed by atoms with Crippen molar-refractivity contribution in [1.82, 2.24) is 0 Å². The Balaban J connectivity index is 0. The molecule has 2 heteroatoms. The Morgan fingerprint density at radius 1 is 0.875 bits per heavy atom. The van der Waals surface area contributed by atoms with Gasteiger partial charge in [0, 0.05) is 14.1 Å². The first-order chi connectivity index (χ1) is 3.83. The van der Waals surface area contributed by atoms with E-state index in [1.165, 1.54) is 0 Å². The Kier molecular flexibility index (Phi) is 21.0. The van der Waals surface area contributed by atoms with E-state index in [1.807, 2.05) is 26.0 Å². The molecule has 2 nitrogen and oxygen atoms in total. The summed E-state index contributed by atoms with van der Waals surface area (Å²) in [5.74, 6) is 0. The summed E-state index contributed by atoms with van der Waals surface area (Å²) < 4.78 is 0. The average Bonchev–Trinajstić information content (AvgIpc) is 1.88. The number of hydrogen-bond acceptors (Lipinski definition) is 2. The quantitative estimate of drug-likeness (QED) is 0.341. The van der Waals surface area contributed by atoms with Crippen molar-refractivity contribution in [3.63, 3.8) is 0 Å². The van der Waals surface area contributed by atoms with Gasteiger partial charge in [0.05, 0.1) is 0 Å². The number of hydrogen-bond donors (Lipinski definition) is 0. The summed E-state index contributed by atoms with van der Waals surface area (Å²) in [4.78, 5) is 0. The van der Waals surface area contributed by atoms with Crippen molar-refractivity contribution >= 4 is 0 Å². The summed E-state index contributed by atoms with van der Waals surface area (Å²) >= 11 is 0. The highest BCUT2D eigenvalue weighted by atomic mass is 15.0. The molecule has 0 atom stereocenters. The normalized spacial score (nSPS) is 9.50. The largest absolute Gasteiger partial charge is 0.198 e. The maximum absolute atomic E-state index is 3.36. The monoisotopic (exact) mass is 114 g/mol. The van der Waals surface area contributed by atoms with E-state index in [4.69, 9.17) is 0 Å². The molecule has 0 heterocycles. The van der Waals surface area contributed by atoms with Crippen LogP contribution in [-0.2, 0) is 0 Å². The lowest BCUT2D eigenvalue weighted by atomic mass is 10.6. The van der Waals surface area contributed by atoms with Crippen LogP contribution in [0.5, 0.6) is 0 Å². The second kappa shape index (κ2) is 16.2. The summed E-state index contributed by atoms with van der Waals surface area (Å²) in [6.45, 7) is 4.00. The van der Waals surface area contributed by atoms with Crippen LogP contribution in [0.4, 0.5) is 0 Å². The lowest BCUT2D eigenvalue weighted by molar-refractivity contribution is 1.11. The van der Waals surface area contributed by atoms with E-state index in [1.54, 1.807) is 14.1 Å². The molecule has 0 aromatic heterocycles. The van der Waals surface area contributed by atoms with E-state index in [0.29, 0.717) is 0 Å². The van der Waals surface area contributed by atoms with Crippen LogP contribution in [0.2, 0.25) is 0 Å². The topological polar surface area (TPSA) is 24.7 Å². The molecule has 48 valence electrons. The summed E-state index contributed by atoms with van der Waals surface area (Å²) in [6, 6.07) is 0. The van der Waals surface area contributed by atoms with Gasteiger partial charge in [0.25, 0.3) is 0 Å². The zero-order valence-electron chi connectivity index (χ0n) is 6.05. The first-order valence-electron chi connectivity index (χ1n) is 2.58. The predicted octanol–water partition coefficient (Wildman–Crippen LogP) is 2.28. The SMILES string of the molecule is C/C=C/C.CN=NC. The van der Waals surface area contributed by atoms with Crippen molar-refractivity contribution < 1.29 is 0 Å². The van der Waals surface area contributed by atoms with Gasteiger partial charge in [0.2, 0.25) is 0 Å². The smallest absolute Gasteiger partial charge is 0.0487 e. The molecule has 0 aliphatic carbocycles. The summed E-state index contributed by atoms with van der Waals surface area (Å²) in [5.41, 5.74) is 0. The Morgan fingerprint density at radius 3 is 1.12 bits per heavy atom. The van der Waals surface area contributed by atoms with Crippen molar-refractivity contribution in [1.29, 1.82) is 0 Å². The third-order valence-electron chi connectivity index (χ3n) is 0.533. The molecule has 0 N–H and O–H groups in total. The maximum atomic E-state index is 3.36. The van der Waals surface area contributed by atoms with Gasteiger partial charge in [-0.2, -0.15) is 10.2 Å². The molecule has 8 heavy (non-hydrogen) atoms. The van der Waals surface area contributed by atoms with Crippen LogP contribution in [0.1, 0.15) is 13.8 Å². The highest BCUT2D eigenvalue weighted by molar-refractivity contribution is 4.68. The molecule has 0 saturated heterocycles. The predicted molar refractivity (Wildman–Crippen MR) is 37.2 cm³/mol. The van der Waals surface area contributed by atoms with Gasteiger partial charge in [-0.05, 0) is 13.8 Å². The van der Waals surface area contributed by atoms with Crippen molar-refractivity contribution in [2.24, 2.45) is 10.2 Å². The van der Waals surface area contributed by atoms with Crippen LogP contribution in [0.3, 0.4) is 0 Å². The molecule has 0 aromatic rings. The van der Waals surface area contributed by atoms with Gasteiger partial charge in [0.1, 0.15) is 0 Å². The second-order valence-electron chi connectivity index (χ2n) is 1.07. The average molecular weight is 114 g/mol. The van der Waals surface area contributed by atoms with Gasteiger partial charge in [0.15, 0.2) is 0 Å².